The minimum atomic E-state index is -3.52. The number of sulfone groups is 1. The Morgan fingerprint density at radius 1 is 1.31 bits per heavy atom. The topological polar surface area (TPSA) is 51.2 Å². The zero-order chi connectivity index (χ0) is 12.6. The number of carbonyl (C=O) groups is 1. The molecule has 0 aliphatic carbocycles. The average molecular weight is 482 g/mol. The second kappa shape index (κ2) is 5.03. The first-order chi connectivity index (χ1) is 7.16. The smallest absolute Gasteiger partial charge is 0.238 e. The number of ketones is 1. The molecule has 0 bridgehead atoms. The maximum absolute atomic E-state index is 12.0. The van der Waals surface area contributed by atoms with Crippen LogP contribution < -0.4 is 0 Å². The van der Waals surface area contributed by atoms with Crippen molar-refractivity contribution in [3.8, 4) is 0 Å². The number of benzene rings is 1. The van der Waals surface area contributed by atoms with Crippen LogP contribution in [0, 0.1) is 0 Å². The van der Waals surface area contributed by atoms with Gasteiger partial charge in [0.05, 0.1) is 0 Å². The summed E-state index contributed by atoms with van der Waals surface area (Å²) >= 11 is 7.79. The van der Waals surface area contributed by atoms with Gasteiger partial charge in [-0.1, -0.05) is 28.1 Å². The van der Waals surface area contributed by atoms with Crippen molar-refractivity contribution in [2.24, 2.45) is 0 Å². The van der Waals surface area contributed by atoms with E-state index in [-0.39, 0.29) is 0 Å². The van der Waals surface area contributed by atoms with Gasteiger partial charge in [-0.25, -0.2) is 8.42 Å². The Balaban J connectivity index is 3.18. The number of alkyl halides is 2. The molecule has 7 heteroatoms. The summed E-state index contributed by atoms with van der Waals surface area (Å²) in [6.07, 6.45) is 1.02. The zero-order valence-electron chi connectivity index (χ0n) is 8.08. The summed E-state index contributed by atoms with van der Waals surface area (Å²) < 4.78 is 22.1. The lowest BCUT2D eigenvalue weighted by atomic mass is 10.1. The second-order valence-electron chi connectivity index (χ2n) is 3.12. The van der Waals surface area contributed by atoms with Crippen LogP contribution in [0.2, 0.25) is 0 Å². The molecule has 1 rings (SSSR count). The van der Waals surface area contributed by atoms with Gasteiger partial charge in [-0.3, -0.25) is 4.79 Å². The number of hydrogen-bond donors (Lipinski definition) is 0. The standard InChI is InChI=1S/C9H7Br2IO3S/c1-16(14,15)9(11,12)8(13)6-2-4-7(10)5-3-6/h2-5H,1H3. The highest BCUT2D eigenvalue weighted by atomic mass is 127. The number of hydrogen-bond acceptors (Lipinski definition) is 3. The highest BCUT2D eigenvalue weighted by Gasteiger charge is 2.43. The van der Waals surface area contributed by atoms with Crippen molar-refractivity contribution in [3.63, 3.8) is 0 Å². The lowest BCUT2D eigenvalue weighted by Crippen LogP contribution is -2.33. The molecular weight excluding hydrogens is 475 g/mol. The van der Waals surface area contributed by atoms with Crippen molar-refractivity contribution in [3.05, 3.63) is 34.3 Å². The van der Waals surface area contributed by atoms with E-state index in [0.717, 1.165) is 10.7 Å². The highest BCUT2D eigenvalue weighted by molar-refractivity contribution is 14.1. The summed E-state index contributed by atoms with van der Waals surface area (Å²) in [7, 11) is -3.52. The molecule has 0 amide bonds. The summed E-state index contributed by atoms with van der Waals surface area (Å²) in [5.41, 5.74) is 0.347. The first-order valence-electron chi connectivity index (χ1n) is 4.04. The fourth-order valence-corrected chi connectivity index (χ4v) is 2.20. The van der Waals surface area contributed by atoms with Gasteiger partial charge in [0.25, 0.3) is 0 Å². The van der Waals surface area contributed by atoms with Crippen LogP contribution in [0.1, 0.15) is 10.4 Å². The van der Waals surface area contributed by atoms with E-state index >= 15 is 0 Å². The minimum Gasteiger partial charge on any atom is -0.290 e. The third-order valence-electron chi connectivity index (χ3n) is 1.84. The predicted octanol–water partition coefficient (Wildman–Crippen LogP) is 3.16. The molecular formula is C9H7Br2IO3S. The summed E-state index contributed by atoms with van der Waals surface area (Å²) in [5.74, 6) is -0.483. The monoisotopic (exact) mass is 480 g/mol. The maximum atomic E-state index is 12.0. The van der Waals surface area contributed by atoms with E-state index in [1.54, 1.807) is 46.9 Å². The molecule has 0 aliphatic heterocycles. The molecule has 0 aromatic heterocycles. The summed E-state index contributed by atoms with van der Waals surface area (Å²) in [6, 6.07) is 6.53. The zero-order valence-corrected chi connectivity index (χ0v) is 14.2. The van der Waals surface area contributed by atoms with Crippen molar-refractivity contribution < 1.29 is 13.2 Å². The molecule has 0 saturated heterocycles. The second-order valence-corrected chi connectivity index (χ2v) is 11.7. The van der Waals surface area contributed by atoms with Crippen LogP contribution in [-0.2, 0) is 9.84 Å². The summed E-state index contributed by atoms with van der Waals surface area (Å²) in [4.78, 5) is 12.0. The Labute approximate surface area is 124 Å². The molecule has 1 unspecified atom stereocenters. The van der Waals surface area contributed by atoms with E-state index in [0.29, 0.717) is 5.56 Å². The van der Waals surface area contributed by atoms with Crippen molar-refractivity contribution in [1.82, 2.24) is 0 Å². The third kappa shape index (κ3) is 3.05. The van der Waals surface area contributed by atoms with Crippen molar-refractivity contribution >= 4 is 70.1 Å². The Morgan fingerprint density at radius 3 is 2.12 bits per heavy atom. The molecule has 1 aromatic rings. The van der Waals surface area contributed by atoms with Crippen LogP contribution in [0.25, 0.3) is 0 Å². The minimum absolute atomic E-state index is 0.347. The Bertz CT molecular complexity index is 508. The SMILES string of the molecule is CS(=O)(=O)C(Br)(I)C(=O)c1ccc(Br)cc1. The molecule has 0 fully saturated rings. The predicted molar refractivity (Wildman–Crippen MR) is 79.0 cm³/mol. The molecule has 88 valence electrons. The van der Waals surface area contributed by atoms with Gasteiger partial charge < -0.3 is 0 Å². The normalized spacial score (nSPS) is 15.5. The van der Waals surface area contributed by atoms with Gasteiger partial charge in [0.1, 0.15) is 0 Å². The first kappa shape index (κ1) is 14.6. The Morgan fingerprint density at radius 2 is 1.75 bits per heavy atom. The molecule has 0 heterocycles. The van der Waals surface area contributed by atoms with Crippen molar-refractivity contribution in [2.75, 3.05) is 6.26 Å². The van der Waals surface area contributed by atoms with E-state index in [4.69, 9.17) is 0 Å². The maximum Gasteiger partial charge on any atom is 0.238 e. The van der Waals surface area contributed by atoms with E-state index in [2.05, 4.69) is 31.9 Å². The number of halogens is 3. The van der Waals surface area contributed by atoms with Gasteiger partial charge in [-0.2, -0.15) is 0 Å². The molecule has 1 aromatic carbocycles. The van der Waals surface area contributed by atoms with Crippen LogP contribution >= 0.6 is 54.5 Å². The quantitative estimate of drug-likeness (QED) is 0.378. The molecule has 1 atom stereocenters. The van der Waals surface area contributed by atoms with Crippen LogP contribution in [-0.4, -0.2) is 22.1 Å². The lowest BCUT2D eigenvalue weighted by molar-refractivity contribution is 0.101. The van der Waals surface area contributed by atoms with Gasteiger partial charge in [-0.15, -0.1) is 0 Å². The Kier molecular flexibility index (Phi) is 4.59. The van der Waals surface area contributed by atoms with E-state index < -0.39 is 17.3 Å². The summed E-state index contributed by atoms with van der Waals surface area (Å²) in [5, 5.41) is 0. The summed E-state index contributed by atoms with van der Waals surface area (Å²) in [6.45, 7) is 0. The van der Waals surface area contributed by atoms with Crippen LogP contribution in [0.15, 0.2) is 28.7 Å². The van der Waals surface area contributed by atoms with Crippen molar-refractivity contribution in [1.29, 1.82) is 0 Å². The number of carbonyl (C=O) groups excluding carboxylic acids is 1. The number of rotatable bonds is 3. The largest absolute Gasteiger partial charge is 0.290 e. The van der Waals surface area contributed by atoms with Gasteiger partial charge in [0, 0.05) is 16.3 Å². The van der Waals surface area contributed by atoms with Gasteiger partial charge >= 0.3 is 0 Å². The fourth-order valence-electron chi connectivity index (χ4n) is 0.938. The van der Waals surface area contributed by atoms with Gasteiger partial charge in [0.15, 0.2) is 9.84 Å². The van der Waals surface area contributed by atoms with Gasteiger partial charge in [0.2, 0.25) is 7.45 Å². The van der Waals surface area contributed by atoms with E-state index in [9.17, 15) is 13.2 Å². The van der Waals surface area contributed by atoms with Crippen LogP contribution in [0.4, 0.5) is 0 Å². The lowest BCUT2D eigenvalue weighted by Gasteiger charge is -2.16. The van der Waals surface area contributed by atoms with Crippen molar-refractivity contribution in [2.45, 2.75) is 1.66 Å². The molecule has 16 heavy (non-hydrogen) atoms. The molecule has 3 nitrogen and oxygen atoms in total. The molecule has 0 spiro atoms. The third-order valence-corrected chi connectivity index (χ3v) is 8.50. The number of Topliss-reactive ketones (excluding diaryl/α,β-unsaturated/α-hetero) is 1. The molecule has 0 radical (unpaired) electrons. The fraction of sp³-hybridized carbons (Fsp3) is 0.222. The average Bonchev–Trinajstić information content (AvgIpc) is 2.16. The van der Waals surface area contributed by atoms with Gasteiger partial charge in [-0.05, 0) is 50.7 Å². The molecule has 0 aliphatic rings. The van der Waals surface area contributed by atoms with Crippen LogP contribution in [0.5, 0.6) is 0 Å². The first-order valence-corrected chi connectivity index (χ1v) is 8.59. The Hall–Kier alpha value is 0.530. The molecule has 0 N–H and O–H groups in total. The van der Waals surface area contributed by atoms with E-state index in [1.807, 2.05) is 0 Å². The van der Waals surface area contributed by atoms with Crippen LogP contribution in [0.3, 0.4) is 0 Å². The highest BCUT2D eigenvalue weighted by Crippen LogP contribution is 2.36. The van der Waals surface area contributed by atoms with E-state index in [1.165, 1.54) is 0 Å². The molecule has 0 saturated carbocycles.